The molecular formula is C10H14N2O4. The molecule has 2 bridgehead atoms. The number of hydroxylamine groups is 2. The van der Waals surface area contributed by atoms with E-state index in [1.807, 2.05) is 4.90 Å². The molecule has 16 heavy (non-hydrogen) atoms. The minimum absolute atomic E-state index is 0.0179. The van der Waals surface area contributed by atoms with Crippen molar-refractivity contribution in [2.24, 2.45) is 0 Å². The van der Waals surface area contributed by atoms with Gasteiger partial charge >= 0.3 is 12.2 Å². The van der Waals surface area contributed by atoms with Gasteiger partial charge in [-0.1, -0.05) is 6.08 Å². The van der Waals surface area contributed by atoms with Crippen molar-refractivity contribution in [2.45, 2.75) is 18.9 Å². The molecule has 2 heterocycles. The number of carbonyl (C=O) groups is 1. The van der Waals surface area contributed by atoms with Gasteiger partial charge in [-0.15, -0.1) is 6.58 Å². The summed E-state index contributed by atoms with van der Waals surface area (Å²) in [7, 11) is 0. The van der Waals surface area contributed by atoms with Crippen LogP contribution in [0, 0.1) is 0 Å². The molecule has 0 aromatic heterocycles. The summed E-state index contributed by atoms with van der Waals surface area (Å²) in [6.45, 7) is 5.68. The highest BCUT2D eigenvalue weighted by atomic mass is 16.7. The fraction of sp³-hybridized carbons (Fsp3) is 0.600. The van der Waals surface area contributed by atoms with Gasteiger partial charge in [0.15, 0.2) is 0 Å². The second-order valence-electron chi connectivity index (χ2n) is 3.52. The second kappa shape index (κ2) is 6.05. The minimum atomic E-state index is 0.0179. The van der Waals surface area contributed by atoms with Crippen LogP contribution < -0.4 is 0 Å². The molecule has 0 aromatic rings. The zero-order valence-electron chi connectivity index (χ0n) is 8.92. The van der Waals surface area contributed by atoms with Crippen LogP contribution in [0.2, 0.25) is 0 Å². The molecule has 6 heteroatoms. The standard InChI is InChI=1S/C9H14N2O2.CO2/c1-2-6-13-11-8-4-3-5-10(7-8)9(11)12;2-1-3/h2,8H,1,3-7H2;/t8-;/m1./s1. The first-order valence-electron chi connectivity index (χ1n) is 5.05. The number of nitrogens with zero attached hydrogens (tertiary/aromatic N) is 2. The van der Waals surface area contributed by atoms with Crippen LogP contribution in [0.3, 0.4) is 0 Å². The molecule has 88 valence electrons. The zero-order chi connectivity index (χ0) is 12.0. The lowest BCUT2D eigenvalue weighted by Crippen LogP contribution is -2.33. The van der Waals surface area contributed by atoms with Crippen molar-refractivity contribution >= 4 is 12.2 Å². The third kappa shape index (κ3) is 2.68. The lowest BCUT2D eigenvalue weighted by atomic mass is 10.1. The molecule has 2 fully saturated rings. The van der Waals surface area contributed by atoms with Crippen molar-refractivity contribution in [2.75, 3.05) is 19.7 Å². The molecule has 0 unspecified atom stereocenters. The summed E-state index contributed by atoms with van der Waals surface area (Å²) in [6.07, 6.45) is 4.05. The lowest BCUT2D eigenvalue weighted by molar-refractivity contribution is -0.191. The van der Waals surface area contributed by atoms with Gasteiger partial charge in [-0.3, -0.25) is 4.84 Å². The van der Waals surface area contributed by atoms with Crippen molar-refractivity contribution in [1.82, 2.24) is 9.96 Å². The molecule has 2 amide bonds. The first-order chi connectivity index (χ1) is 7.74. The Hall–Kier alpha value is -1.65. The smallest absolute Gasteiger partial charge is 0.321 e. The average Bonchev–Trinajstić information content (AvgIpc) is 2.50. The third-order valence-corrected chi connectivity index (χ3v) is 2.52. The highest BCUT2D eigenvalue weighted by Gasteiger charge is 2.40. The highest BCUT2D eigenvalue weighted by Crippen LogP contribution is 2.25. The molecule has 0 aromatic carbocycles. The van der Waals surface area contributed by atoms with Gasteiger partial charge in [-0.25, -0.2) is 4.79 Å². The van der Waals surface area contributed by atoms with Gasteiger partial charge in [0, 0.05) is 13.1 Å². The van der Waals surface area contributed by atoms with Crippen molar-refractivity contribution in [1.29, 1.82) is 0 Å². The summed E-state index contributed by atoms with van der Waals surface area (Å²) in [5.74, 6) is 0. The van der Waals surface area contributed by atoms with Crippen LogP contribution in [-0.4, -0.2) is 47.9 Å². The van der Waals surface area contributed by atoms with E-state index >= 15 is 0 Å². The summed E-state index contributed by atoms with van der Waals surface area (Å²) in [5.41, 5.74) is 0. The Bertz CT molecular complexity index is 299. The van der Waals surface area contributed by atoms with Gasteiger partial charge in [0.1, 0.15) is 0 Å². The molecule has 0 radical (unpaired) electrons. The predicted molar refractivity (Wildman–Crippen MR) is 53.0 cm³/mol. The predicted octanol–water partition coefficient (Wildman–Crippen LogP) is 0.420. The van der Waals surface area contributed by atoms with Crippen LogP contribution in [0.15, 0.2) is 12.7 Å². The number of fused-ring (bicyclic) bond motifs is 2. The van der Waals surface area contributed by atoms with E-state index in [1.54, 1.807) is 6.08 Å². The first kappa shape index (κ1) is 12.4. The van der Waals surface area contributed by atoms with E-state index in [9.17, 15) is 4.79 Å². The monoisotopic (exact) mass is 226 g/mol. The Labute approximate surface area is 93.4 Å². The number of piperidine rings is 1. The van der Waals surface area contributed by atoms with Gasteiger partial charge in [0.05, 0.1) is 12.6 Å². The number of amides is 2. The molecule has 0 N–H and O–H groups in total. The molecule has 2 rings (SSSR count). The number of hydrogen-bond donors (Lipinski definition) is 0. The van der Waals surface area contributed by atoms with Crippen LogP contribution >= 0.6 is 0 Å². The molecule has 2 saturated heterocycles. The summed E-state index contributed by atoms with van der Waals surface area (Å²) in [5, 5.41) is 1.51. The average molecular weight is 226 g/mol. The quantitative estimate of drug-likeness (QED) is 0.654. The Morgan fingerprint density at radius 3 is 2.81 bits per heavy atom. The zero-order valence-corrected chi connectivity index (χ0v) is 8.92. The summed E-state index contributed by atoms with van der Waals surface area (Å²) in [4.78, 5) is 35.0. The molecule has 0 aliphatic carbocycles. The maximum absolute atomic E-state index is 11.6. The van der Waals surface area contributed by atoms with E-state index in [4.69, 9.17) is 14.4 Å². The SMILES string of the molecule is C=CCON1C(=O)N2CCC[C@@H]1C2.O=C=O. The molecule has 2 aliphatic rings. The normalized spacial score (nSPS) is 22.2. The highest BCUT2D eigenvalue weighted by molar-refractivity contribution is 5.76. The number of carbonyl (C=O) groups excluding carboxylic acids is 3. The van der Waals surface area contributed by atoms with E-state index in [0.717, 1.165) is 25.9 Å². The first-order valence-corrected chi connectivity index (χ1v) is 5.05. The Morgan fingerprint density at radius 1 is 1.56 bits per heavy atom. The number of hydrogen-bond acceptors (Lipinski definition) is 4. The maximum Gasteiger partial charge on any atom is 0.373 e. The molecule has 2 aliphatic heterocycles. The largest absolute Gasteiger partial charge is 0.373 e. The van der Waals surface area contributed by atoms with Gasteiger partial charge in [0.2, 0.25) is 0 Å². The molecule has 0 spiro atoms. The molecule has 6 nitrogen and oxygen atoms in total. The number of urea groups is 1. The van der Waals surface area contributed by atoms with Gasteiger partial charge < -0.3 is 4.90 Å². The van der Waals surface area contributed by atoms with E-state index in [-0.39, 0.29) is 18.2 Å². The summed E-state index contributed by atoms with van der Waals surface area (Å²) >= 11 is 0. The van der Waals surface area contributed by atoms with Gasteiger partial charge in [0.25, 0.3) is 0 Å². The molecular weight excluding hydrogens is 212 g/mol. The van der Waals surface area contributed by atoms with Crippen molar-refractivity contribution in [3.63, 3.8) is 0 Å². The van der Waals surface area contributed by atoms with Crippen LogP contribution in [0.1, 0.15) is 12.8 Å². The van der Waals surface area contributed by atoms with Crippen LogP contribution in [0.25, 0.3) is 0 Å². The van der Waals surface area contributed by atoms with Gasteiger partial charge in [-0.05, 0) is 12.8 Å². The summed E-state index contributed by atoms with van der Waals surface area (Å²) < 4.78 is 0. The molecule has 0 saturated carbocycles. The van der Waals surface area contributed by atoms with Crippen molar-refractivity contribution < 1.29 is 19.2 Å². The van der Waals surface area contributed by atoms with Crippen molar-refractivity contribution in [3.05, 3.63) is 12.7 Å². The third-order valence-electron chi connectivity index (χ3n) is 2.52. The van der Waals surface area contributed by atoms with Crippen LogP contribution in [0.5, 0.6) is 0 Å². The Kier molecular flexibility index (Phi) is 4.69. The summed E-state index contributed by atoms with van der Waals surface area (Å²) in [6, 6.07) is 0.283. The van der Waals surface area contributed by atoms with E-state index in [0.29, 0.717) is 6.61 Å². The Balaban J connectivity index is 0.000000386. The van der Waals surface area contributed by atoms with E-state index in [1.165, 1.54) is 5.06 Å². The molecule has 1 atom stereocenters. The Morgan fingerprint density at radius 2 is 2.25 bits per heavy atom. The van der Waals surface area contributed by atoms with Crippen LogP contribution in [0.4, 0.5) is 4.79 Å². The van der Waals surface area contributed by atoms with E-state index < -0.39 is 0 Å². The fourth-order valence-electron chi connectivity index (χ4n) is 1.91. The van der Waals surface area contributed by atoms with Gasteiger partial charge in [-0.2, -0.15) is 14.7 Å². The van der Waals surface area contributed by atoms with E-state index in [2.05, 4.69) is 6.58 Å². The number of rotatable bonds is 3. The van der Waals surface area contributed by atoms with Crippen LogP contribution in [-0.2, 0) is 14.4 Å². The second-order valence-corrected chi connectivity index (χ2v) is 3.52. The topological polar surface area (TPSA) is 66.9 Å². The van der Waals surface area contributed by atoms with Crippen molar-refractivity contribution in [3.8, 4) is 0 Å². The lowest BCUT2D eigenvalue weighted by Gasteiger charge is -2.21. The minimum Gasteiger partial charge on any atom is -0.321 e. The maximum atomic E-state index is 11.6. The fourth-order valence-corrected chi connectivity index (χ4v) is 1.91.